The van der Waals surface area contributed by atoms with Crippen molar-refractivity contribution in [3.63, 3.8) is 0 Å². The molecule has 0 heterocycles. The maximum absolute atomic E-state index is 5.38. The van der Waals surface area contributed by atoms with E-state index in [2.05, 4.69) is 12.0 Å². The Bertz CT molecular complexity index is 195. The zero-order chi connectivity index (χ0) is 9.78. The topological polar surface area (TPSA) is 47.3 Å². The summed E-state index contributed by atoms with van der Waals surface area (Å²) in [5, 5.41) is 0. The van der Waals surface area contributed by atoms with Gasteiger partial charge < -0.3 is 4.74 Å². The zero-order valence-corrected chi connectivity index (χ0v) is 8.27. The Labute approximate surface area is 74.3 Å². The number of nitrogens with one attached hydrogen (secondary N) is 1. The third kappa shape index (κ3) is 2.36. The average molecular weight is 170 g/mol. The molecule has 70 valence electrons. The molecule has 0 saturated heterocycles. The molecule has 0 aliphatic carbocycles. The summed E-state index contributed by atoms with van der Waals surface area (Å²) in [5.41, 5.74) is 3.47. The van der Waals surface area contributed by atoms with E-state index in [-0.39, 0.29) is 5.54 Å². The lowest BCUT2D eigenvalue weighted by atomic mass is 9.95. The van der Waals surface area contributed by atoms with Gasteiger partial charge in [-0.1, -0.05) is 6.58 Å². The highest BCUT2D eigenvalue weighted by Gasteiger charge is 2.20. The molecule has 12 heavy (non-hydrogen) atoms. The van der Waals surface area contributed by atoms with Crippen LogP contribution >= 0.6 is 0 Å². The molecule has 0 aliphatic rings. The molecular formula is C9H18N2O. The molecule has 0 aliphatic heterocycles. The van der Waals surface area contributed by atoms with Crippen LogP contribution in [0, 0.1) is 0 Å². The van der Waals surface area contributed by atoms with Gasteiger partial charge in [0.25, 0.3) is 0 Å². The number of allylic oxidation sites excluding steroid dienone is 1. The normalized spacial score (nSPS) is 13.8. The van der Waals surface area contributed by atoms with Gasteiger partial charge in [0.1, 0.15) is 5.76 Å². The SMILES string of the molecule is C=C/C(OC)=C(\C)C(C)(C)NN. The van der Waals surface area contributed by atoms with Crippen LogP contribution in [0.2, 0.25) is 0 Å². The largest absolute Gasteiger partial charge is 0.497 e. The van der Waals surface area contributed by atoms with Crippen LogP contribution in [-0.2, 0) is 4.74 Å². The molecule has 0 aromatic carbocycles. The van der Waals surface area contributed by atoms with E-state index in [1.54, 1.807) is 13.2 Å². The number of ether oxygens (including phenoxy) is 1. The predicted octanol–water partition coefficient (Wildman–Crippen LogP) is 1.33. The summed E-state index contributed by atoms with van der Waals surface area (Å²) in [6, 6.07) is 0. The van der Waals surface area contributed by atoms with Crippen molar-refractivity contribution in [3.05, 3.63) is 24.0 Å². The Morgan fingerprint density at radius 1 is 1.58 bits per heavy atom. The number of hydrogen-bond acceptors (Lipinski definition) is 3. The average Bonchev–Trinajstić information content (AvgIpc) is 2.06. The van der Waals surface area contributed by atoms with Crippen LogP contribution in [0.1, 0.15) is 20.8 Å². The molecule has 3 N–H and O–H groups in total. The summed E-state index contributed by atoms with van der Waals surface area (Å²) in [6.45, 7) is 9.56. The summed E-state index contributed by atoms with van der Waals surface area (Å²) < 4.78 is 5.12. The fourth-order valence-corrected chi connectivity index (χ4v) is 0.806. The van der Waals surface area contributed by atoms with Crippen molar-refractivity contribution in [2.45, 2.75) is 26.3 Å². The summed E-state index contributed by atoms with van der Waals surface area (Å²) in [5.74, 6) is 6.14. The second-order valence-electron chi connectivity index (χ2n) is 3.17. The van der Waals surface area contributed by atoms with E-state index in [9.17, 15) is 0 Å². The minimum atomic E-state index is -0.264. The van der Waals surface area contributed by atoms with Gasteiger partial charge in [-0.15, -0.1) is 0 Å². The predicted molar refractivity (Wildman–Crippen MR) is 51.3 cm³/mol. The molecule has 0 rings (SSSR count). The summed E-state index contributed by atoms with van der Waals surface area (Å²) in [6.07, 6.45) is 1.68. The van der Waals surface area contributed by atoms with Gasteiger partial charge in [-0.3, -0.25) is 11.3 Å². The lowest BCUT2D eigenvalue weighted by Gasteiger charge is -2.26. The first-order valence-corrected chi connectivity index (χ1v) is 3.85. The third-order valence-electron chi connectivity index (χ3n) is 2.07. The molecule has 0 fully saturated rings. The van der Waals surface area contributed by atoms with Gasteiger partial charge in [-0.25, -0.2) is 0 Å². The summed E-state index contributed by atoms with van der Waals surface area (Å²) >= 11 is 0. The van der Waals surface area contributed by atoms with Gasteiger partial charge in [0, 0.05) is 0 Å². The lowest BCUT2D eigenvalue weighted by molar-refractivity contribution is 0.291. The standard InChI is InChI=1S/C9H18N2O/c1-6-8(12-5)7(2)9(3,4)11-10/h6,11H,1,10H2,2-5H3/b8-7-. The second kappa shape index (κ2) is 4.28. The maximum Gasteiger partial charge on any atom is 0.119 e. The smallest absolute Gasteiger partial charge is 0.119 e. The first-order valence-electron chi connectivity index (χ1n) is 3.85. The van der Waals surface area contributed by atoms with Crippen molar-refractivity contribution in [2.24, 2.45) is 5.84 Å². The van der Waals surface area contributed by atoms with Crippen LogP contribution in [0.4, 0.5) is 0 Å². The van der Waals surface area contributed by atoms with Crippen molar-refractivity contribution in [3.8, 4) is 0 Å². The van der Waals surface area contributed by atoms with Crippen LogP contribution in [0.5, 0.6) is 0 Å². The zero-order valence-electron chi connectivity index (χ0n) is 8.27. The van der Waals surface area contributed by atoms with E-state index in [4.69, 9.17) is 10.6 Å². The molecule has 3 nitrogen and oxygen atoms in total. The van der Waals surface area contributed by atoms with E-state index in [1.807, 2.05) is 20.8 Å². The quantitative estimate of drug-likeness (QED) is 0.290. The molecule has 0 bridgehead atoms. The van der Waals surface area contributed by atoms with Gasteiger partial charge in [0.15, 0.2) is 0 Å². The van der Waals surface area contributed by atoms with E-state index in [0.717, 1.165) is 11.3 Å². The maximum atomic E-state index is 5.38. The van der Waals surface area contributed by atoms with Crippen molar-refractivity contribution in [1.29, 1.82) is 0 Å². The lowest BCUT2D eigenvalue weighted by Crippen LogP contribution is -2.45. The van der Waals surface area contributed by atoms with Crippen molar-refractivity contribution < 1.29 is 4.74 Å². The molecule has 3 heteroatoms. The Balaban J connectivity index is 4.85. The highest BCUT2D eigenvalue weighted by atomic mass is 16.5. The summed E-state index contributed by atoms with van der Waals surface area (Å²) in [7, 11) is 1.62. The van der Waals surface area contributed by atoms with E-state index in [0.29, 0.717) is 0 Å². The molecule has 0 aromatic heterocycles. The molecule has 0 spiro atoms. The molecule has 0 aromatic rings. The minimum absolute atomic E-state index is 0.264. The van der Waals surface area contributed by atoms with Gasteiger partial charge >= 0.3 is 0 Å². The highest BCUT2D eigenvalue weighted by molar-refractivity contribution is 5.24. The van der Waals surface area contributed by atoms with Crippen LogP contribution in [-0.4, -0.2) is 12.6 Å². The number of methoxy groups -OCH3 is 1. The first kappa shape index (κ1) is 11.2. The monoisotopic (exact) mass is 170 g/mol. The van der Waals surface area contributed by atoms with Crippen molar-refractivity contribution >= 4 is 0 Å². The van der Waals surface area contributed by atoms with Gasteiger partial charge in [0.05, 0.1) is 12.6 Å². The number of hydrazine groups is 1. The molecule has 0 unspecified atom stereocenters. The van der Waals surface area contributed by atoms with E-state index < -0.39 is 0 Å². The Morgan fingerprint density at radius 2 is 2.08 bits per heavy atom. The van der Waals surface area contributed by atoms with Crippen LogP contribution < -0.4 is 11.3 Å². The Kier molecular flexibility index (Phi) is 4.00. The molecule has 0 radical (unpaired) electrons. The van der Waals surface area contributed by atoms with Gasteiger partial charge in [-0.2, -0.15) is 0 Å². The molecule has 0 saturated carbocycles. The first-order chi connectivity index (χ1) is 5.49. The third-order valence-corrected chi connectivity index (χ3v) is 2.07. The van der Waals surface area contributed by atoms with Crippen molar-refractivity contribution in [1.82, 2.24) is 5.43 Å². The number of rotatable bonds is 4. The Hall–Kier alpha value is -0.800. The minimum Gasteiger partial charge on any atom is -0.497 e. The van der Waals surface area contributed by atoms with Crippen molar-refractivity contribution in [2.75, 3.05) is 7.11 Å². The Morgan fingerprint density at radius 3 is 2.33 bits per heavy atom. The van der Waals surface area contributed by atoms with Gasteiger partial charge in [0.2, 0.25) is 0 Å². The highest BCUT2D eigenvalue weighted by Crippen LogP contribution is 2.19. The number of hydrogen-bond donors (Lipinski definition) is 2. The summed E-state index contributed by atoms with van der Waals surface area (Å²) in [4.78, 5) is 0. The fourth-order valence-electron chi connectivity index (χ4n) is 0.806. The number of nitrogens with two attached hydrogens (primary N) is 1. The molecular weight excluding hydrogens is 152 g/mol. The van der Waals surface area contributed by atoms with Crippen LogP contribution in [0.3, 0.4) is 0 Å². The second-order valence-corrected chi connectivity index (χ2v) is 3.17. The van der Waals surface area contributed by atoms with E-state index in [1.165, 1.54) is 0 Å². The van der Waals surface area contributed by atoms with Crippen LogP contribution in [0.15, 0.2) is 24.0 Å². The molecule has 0 amide bonds. The van der Waals surface area contributed by atoms with E-state index >= 15 is 0 Å². The van der Waals surface area contributed by atoms with Crippen LogP contribution in [0.25, 0.3) is 0 Å². The fraction of sp³-hybridized carbons (Fsp3) is 0.556. The molecule has 0 atom stereocenters. The van der Waals surface area contributed by atoms with Gasteiger partial charge in [-0.05, 0) is 32.4 Å².